The van der Waals surface area contributed by atoms with Gasteiger partial charge in [0.15, 0.2) is 0 Å². The van der Waals surface area contributed by atoms with Crippen LogP contribution >= 0.6 is 11.8 Å². The molecule has 0 aliphatic carbocycles. The van der Waals surface area contributed by atoms with Gasteiger partial charge in [0.05, 0.1) is 5.37 Å². The number of hydrogen-bond acceptors (Lipinski definition) is 2. The molecule has 2 unspecified atom stereocenters. The van der Waals surface area contributed by atoms with E-state index in [-0.39, 0.29) is 0 Å². The molecule has 0 saturated carbocycles. The second-order valence-corrected chi connectivity index (χ2v) is 5.73. The molecule has 0 aromatic carbocycles. The molecule has 1 saturated heterocycles. The van der Waals surface area contributed by atoms with Crippen molar-refractivity contribution in [2.24, 2.45) is 11.3 Å². The Morgan fingerprint density at radius 2 is 2.00 bits per heavy atom. The van der Waals surface area contributed by atoms with Gasteiger partial charge in [-0.15, -0.1) is 11.8 Å². The lowest BCUT2D eigenvalue weighted by Crippen LogP contribution is -2.44. The van der Waals surface area contributed by atoms with Gasteiger partial charge in [-0.1, -0.05) is 27.7 Å². The minimum Gasteiger partial charge on any atom is -0.305 e. The van der Waals surface area contributed by atoms with Crippen LogP contribution in [0.3, 0.4) is 0 Å². The summed E-state index contributed by atoms with van der Waals surface area (Å²) in [6.07, 6.45) is 0. The monoisotopic (exact) mass is 173 g/mol. The average Bonchev–Trinajstić information content (AvgIpc) is 1.86. The summed E-state index contributed by atoms with van der Waals surface area (Å²) >= 11 is 2.07. The fraction of sp³-hybridized carbons (Fsp3) is 1.00. The number of hydrogen-bond donors (Lipinski definition) is 1. The fourth-order valence-corrected chi connectivity index (χ4v) is 2.60. The minimum atomic E-state index is 0.408. The molecule has 0 amide bonds. The van der Waals surface area contributed by atoms with Crippen LogP contribution < -0.4 is 5.32 Å². The summed E-state index contributed by atoms with van der Waals surface area (Å²) in [5.41, 5.74) is 0.408. The topological polar surface area (TPSA) is 12.0 Å². The average molecular weight is 173 g/mol. The molecule has 0 bridgehead atoms. The van der Waals surface area contributed by atoms with Crippen LogP contribution in [0, 0.1) is 11.3 Å². The van der Waals surface area contributed by atoms with Crippen molar-refractivity contribution < 1.29 is 0 Å². The molecule has 1 nitrogen and oxygen atoms in total. The van der Waals surface area contributed by atoms with Crippen molar-refractivity contribution in [1.82, 2.24) is 5.32 Å². The second-order valence-electron chi connectivity index (χ2n) is 4.59. The maximum atomic E-state index is 3.57. The maximum absolute atomic E-state index is 3.57. The van der Waals surface area contributed by atoms with Crippen molar-refractivity contribution in [1.29, 1.82) is 0 Å². The van der Waals surface area contributed by atoms with Gasteiger partial charge in [0, 0.05) is 0 Å². The third-order valence-electron chi connectivity index (χ3n) is 1.99. The zero-order valence-electron chi connectivity index (χ0n) is 7.98. The van der Waals surface area contributed by atoms with Crippen LogP contribution in [-0.4, -0.2) is 17.7 Å². The Balaban J connectivity index is 2.39. The molecule has 1 aliphatic rings. The van der Waals surface area contributed by atoms with Crippen LogP contribution in [0.1, 0.15) is 27.7 Å². The maximum Gasteiger partial charge on any atom is 0.0581 e. The summed E-state index contributed by atoms with van der Waals surface area (Å²) in [7, 11) is 0. The first kappa shape index (κ1) is 9.40. The largest absolute Gasteiger partial charge is 0.305 e. The van der Waals surface area contributed by atoms with Crippen LogP contribution in [0.4, 0.5) is 0 Å². The molecule has 1 fully saturated rings. The summed E-state index contributed by atoms with van der Waals surface area (Å²) in [6, 6.07) is 0. The van der Waals surface area contributed by atoms with Crippen LogP contribution in [0.2, 0.25) is 0 Å². The van der Waals surface area contributed by atoms with E-state index in [1.807, 2.05) is 0 Å². The summed E-state index contributed by atoms with van der Waals surface area (Å²) in [4.78, 5) is 0. The van der Waals surface area contributed by atoms with Crippen molar-refractivity contribution in [3.05, 3.63) is 0 Å². The van der Waals surface area contributed by atoms with Gasteiger partial charge in [-0.2, -0.15) is 0 Å². The highest BCUT2D eigenvalue weighted by atomic mass is 32.2. The second kappa shape index (κ2) is 3.36. The van der Waals surface area contributed by atoms with Gasteiger partial charge in [0.1, 0.15) is 0 Å². The SMILES string of the molecule is CC1CNC(C(C)(C)C)SC1. The van der Waals surface area contributed by atoms with Gasteiger partial charge in [0.25, 0.3) is 0 Å². The normalized spacial score (nSPS) is 33.8. The first-order valence-corrected chi connectivity index (χ1v) is 5.40. The lowest BCUT2D eigenvalue weighted by Gasteiger charge is -2.36. The summed E-state index contributed by atoms with van der Waals surface area (Å²) in [5, 5.41) is 4.22. The Hall–Kier alpha value is 0.310. The van der Waals surface area contributed by atoms with E-state index in [1.54, 1.807) is 0 Å². The third kappa shape index (κ3) is 2.68. The summed E-state index contributed by atoms with van der Waals surface area (Å²) < 4.78 is 0. The van der Waals surface area contributed by atoms with Crippen molar-refractivity contribution in [3.8, 4) is 0 Å². The van der Waals surface area contributed by atoms with E-state index in [2.05, 4.69) is 44.8 Å². The fourth-order valence-electron chi connectivity index (χ4n) is 1.24. The van der Waals surface area contributed by atoms with Gasteiger partial charge in [0.2, 0.25) is 0 Å². The van der Waals surface area contributed by atoms with E-state index in [0.29, 0.717) is 10.8 Å². The predicted molar refractivity (Wildman–Crippen MR) is 52.9 cm³/mol. The quantitative estimate of drug-likeness (QED) is 0.603. The zero-order chi connectivity index (χ0) is 8.48. The lowest BCUT2D eigenvalue weighted by atomic mass is 9.96. The molecule has 0 aromatic heterocycles. The molecular formula is C9H19NS. The van der Waals surface area contributed by atoms with E-state index in [9.17, 15) is 0 Å². The standard InChI is InChI=1S/C9H19NS/c1-7-5-10-8(11-6-7)9(2,3)4/h7-8,10H,5-6H2,1-4H3. The van der Waals surface area contributed by atoms with Crippen molar-refractivity contribution in [3.63, 3.8) is 0 Å². The molecule has 0 aromatic rings. The highest BCUT2D eigenvalue weighted by Crippen LogP contribution is 2.31. The lowest BCUT2D eigenvalue weighted by molar-refractivity contribution is 0.330. The minimum absolute atomic E-state index is 0.408. The van der Waals surface area contributed by atoms with Gasteiger partial charge in [-0.25, -0.2) is 0 Å². The zero-order valence-corrected chi connectivity index (χ0v) is 8.79. The Morgan fingerprint density at radius 3 is 2.36 bits per heavy atom. The molecule has 1 rings (SSSR count). The van der Waals surface area contributed by atoms with E-state index in [1.165, 1.54) is 12.3 Å². The first-order chi connectivity index (χ1) is 5.00. The van der Waals surface area contributed by atoms with E-state index >= 15 is 0 Å². The van der Waals surface area contributed by atoms with E-state index in [0.717, 1.165) is 5.92 Å². The van der Waals surface area contributed by atoms with Gasteiger partial charge >= 0.3 is 0 Å². The molecule has 2 heteroatoms. The van der Waals surface area contributed by atoms with Gasteiger partial charge < -0.3 is 5.32 Å². The molecule has 1 heterocycles. The third-order valence-corrected chi connectivity index (χ3v) is 3.95. The molecular weight excluding hydrogens is 154 g/mol. The Morgan fingerprint density at radius 1 is 1.36 bits per heavy atom. The van der Waals surface area contributed by atoms with Crippen LogP contribution in [-0.2, 0) is 0 Å². The Kier molecular flexibility index (Phi) is 2.87. The molecule has 66 valence electrons. The number of rotatable bonds is 0. The molecule has 0 radical (unpaired) electrons. The summed E-state index contributed by atoms with van der Waals surface area (Å²) in [6.45, 7) is 10.4. The Bertz CT molecular complexity index is 120. The molecule has 2 atom stereocenters. The highest BCUT2D eigenvalue weighted by Gasteiger charge is 2.28. The van der Waals surface area contributed by atoms with E-state index < -0.39 is 0 Å². The van der Waals surface area contributed by atoms with E-state index in [4.69, 9.17) is 0 Å². The van der Waals surface area contributed by atoms with Crippen molar-refractivity contribution in [2.75, 3.05) is 12.3 Å². The molecule has 0 spiro atoms. The van der Waals surface area contributed by atoms with Crippen molar-refractivity contribution >= 4 is 11.8 Å². The van der Waals surface area contributed by atoms with Gasteiger partial charge in [-0.05, 0) is 23.6 Å². The van der Waals surface area contributed by atoms with Crippen LogP contribution in [0.25, 0.3) is 0 Å². The Labute approximate surface area is 74.3 Å². The van der Waals surface area contributed by atoms with Crippen LogP contribution in [0.5, 0.6) is 0 Å². The molecule has 11 heavy (non-hydrogen) atoms. The smallest absolute Gasteiger partial charge is 0.0581 e. The first-order valence-electron chi connectivity index (χ1n) is 4.35. The molecule has 1 N–H and O–H groups in total. The van der Waals surface area contributed by atoms with Gasteiger partial charge in [-0.3, -0.25) is 0 Å². The molecule has 1 aliphatic heterocycles. The van der Waals surface area contributed by atoms with Crippen LogP contribution in [0.15, 0.2) is 0 Å². The highest BCUT2D eigenvalue weighted by molar-refractivity contribution is 7.99. The number of nitrogens with one attached hydrogen (secondary N) is 1. The summed E-state index contributed by atoms with van der Waals surface area (Å²) in [5.74, 6) is 2.16. The predicted octanol–water partition coefficient (Wildman–Crippen LogP) is 2.33. The van der Waals surface area contributed by atoms with Crippen molar-refractivity contribution in [2.45, 2.75) is 33.1 Å². The number of thioether (sulfide) groups is 1.